The van der Waals surface area contributed by atoms with Crippen LogP contribution >= 0.6 is 0 Å². The smallest absolute Gasteiger partial charge is 0.227 e. The van der Waals surface area contributed by atoms with Crippen molar-refractivity contribution >= 4 is 5.91 Å². The largest absolute Gasteiger partial charge is 0.361 e. The van der Waals surface area contributed by atoms with Gasteiger partial charge in [0.2, 0.25) is 5.91 Å². The standard InChI is InChI=1S/C22H24N4O2/c1-23-21(27)22(9-12-26(16-22)15-17-7-10-24-11-8-17)14-19-13-20(25-28-19)18-5-3-2-4-6-18/h2-8,10-11,13H,9,12,14-16H2,1H3,(H,23,27). The fourth-order valence-electron chi connectivity index (χ4n) is 3.99. The molecule has 0 bridgehead atoms. The van der Waals surface area contributed by atoms with E-state index in [4.69, 9.17) is 4.52 Å². The van der Waals surface area contributed by atoms with Crippen molar-refractivity contribution < 1.29 is 9.32 Å². The van der Waals surface area contributed by atoms with Gasteiger partial charge in [0, 0.05) is 50.6 Å². The maximum Gasteiger partial charge on any atom is 0.227 e. The molecule has 1 saturated heterocycles. The number of aromatic nitrogens is 2. The maximum atomic E-state index is 12.8. The van der Waals surface area contributed by atoms with Gasteiger partial charge in [-0.25, -0.2) is 0 Å². The van der Waals surface area contributed by atoms with Crippen LogP contribution in [-0.4, -0.2) is 41.1 Å². The molecule has 1 aliphatic rings. The monoisotopic (exact) mass is 376 g/mol. The molecule has 1 amide bonds. The van der Waals surface area contributed by atoms with Crippen LogP contribution < -0.4 is 5.32 Å². The number of nitrogens with one attached hydrogen (secondary N) is 1. The summed E-state index contributed by atoms with van der Waals surface area (Å²) in [6, 6.07) is 15.9. The lowest BCUT2D eigenvalue weighted by Crippen LogP contribution is -2.43. The Morgan fingerprint density at radius 2 is 2.00 bits per heavy atom. The van der Waals surface area contributed by atoms with Gasteiger partial charge >= 0.3 is 0 Å². The topological polar surface area (TPSA) is 71.3 Å². The molecule has 0 radical (unpaired) electrons. The number of likely N-dealkylation sites (tertiary alicyclic amines) is 1. The summed E-state index contributed by atoms with van der Waals surface area (Å²) in [5, 5.41) is 7.06. The summed E-state index contributed by atoms with van der Waals surface area (Å²) in [5.74, 6) is 0.801. The van der Waals surface area contributed by atoms with Crippen molar-refractivity contribution in [1.82, 2.24) is 20.4 Å². The van der Waals surface area contributed by atoms with E-state index in [1.54, 1.807) is 19.4 Å². The summed E-state index contributed by atoms with van der Waals surface area (Å²) in [6.07, 6.45) is 4.94. The van der Waals surface area contributed by atoms with Crippen molar-refractivity contribution in [1.29, 1.82) is 0 Å². The molecule has 6 heteroatoms. The summed E-state index contributed by atoms with van der Waals surface area (Å²) < 4.78 is 5.60. The van der Waals surface area contributed by atoms with Crippen LogP contribution in [0.25, 0.3) is 11.3 Å². The molecule has 1 aliphatic heterocycles. The average molecular weight is 376 g/mol. The lowest BCUT2D eigenvalue weighted by molar-refractivity contribution is -0.130. The van der Waals surface area contributed by atoms with Crippen LogP contribution in [0.5, 0.6) is 0 Å². The molecule has 28 heavy (non-hydrogen) atoms. The number of amides is 1. The molecule has 6 nitrogen and oxygen atoms in total. The van der Waals surface area contributed by atoms with Gasteiger partial charge in [0.25, 0.3) is 0 Å². The summed E-state index contributed by atoms with van der Waals surface area (Å²) >= 11 is 0. The van der Waals surface area contributed by atoms with Gasteiger partial charge in [-0.15, -0.1) is 0 Å². The van der Waals surface area contributed by atoms with Gasteiger partial charge in [-0.3, -0.25) is 14.7 Å². The average Bonchev–Trinajstić information content (AvgIpc) is 3.37. The van der Waals surface area contributed by atoms with Crippen molar-refractivity contribution in [2.75, 3.05) is 20.1 Å². The molecule has 3 aromatic rings. The Bertz CT molecular complexity index is 926. The Kier molecular flexibility index (Phi) is 5.21. The quantitative estimate of drug-likeness (QED) is 0.716. The molecular formula is C22H24N4O2. The van der Waals surface area contributed by atoms with Gasteiger partial charge in [0.1, 0.15) is 11.5 Å². The lowest BCUT2D eigenvalue weighted by Gasteiger charge is -2.26. The second-order valence-corrected chi connectivity index (χ2v) is 7.40. The van der Waals surface area contributed by atoms with Gasteiger partial charge < -0.3 is 9.84 Å². The Morgan fingerprint density at radius 1 is 1.21 bits per heavy atom. The van der Waals surface area contributed by atoms with Gasteiger partial charge in [-0.1, -0.05) is 35.5 Å². The first-order valence-electron chi connectivity index (χ1n) is 9.53. The zero-order chi connectivity index (χ0) is 19.4. The fraction of sp³-hybridized carbons (Fsp3) is 0.318. The van der Waals surface area contributed by atoms with Crippen LogP contribution in [0.3, 0.4) is 0 Å². The molecule has 0 spiro atoms. The van der Waals surface area contributed by atoms with E-state index in [9.17, 15) is 4.79 Å². The van der Waals surface area contributed by atoms with E-state index in [2.05, 4.69) is 20.4 Å². The zero-order valence-electron chi connectivity index (χ0n) is 16.0. The number of benzene rings is 1. The first-order chi connectivity index (χ1) is 13.7. The van der Waals surface area contributed by atoms with Gasteiger partial charge in [0.05, 0.1) is 5.41 Å². The van der Waals surface area contributed by atoms with E-state index in [0.29, 0.717) is 13.0 Å². The molecule has 0 saturated carbocycles. The van der Waals surface area contributed by atoms with Crippen molar-refractivity contribution in [2.45, 2.75) is 19.4 Å². The SMILES string of the molecule is CNC(=O)C1(Cc2cc(-c3ccccc3)no2)CCN(Cc2ccncc2)C1. The number of carbonyl (C=O) groups excluding carboxylic acids is 1. The van der Waals surface area contributed by atoms with Crippen molar-refractivity contribution in [3.63, 3.8) is 0 Å². The van der Waals surface area contributed by atoms with Crippen LogP contribution in [0.2, 0.25) is 0 Å². The van der Waals surface area contributed by atoms with Gasteiger partial charge in [0.15, 0.2) is 0 Å². The predicted molar refractivity (Wildman–Crippen MR) is 106 cm³/mol. The molecule has 144 valence electrons. The molecule has 3 heterocycles. The van der Waals surface area contributed by atoms with Crippen molar-refractivity contribution in [3.8, 4) is 11.3 Å². The minimum absolute atomic E-state index is 0.0578. The Morgan fingerprint density at radius 3 is 2.75 bits per heavy atom. The second-order valence-electron chi connectivity index (χ2n) is 7.40. The molecule has 1 fully saturated rings. The number of rotatable bonds is 6. The lowest BCUT2D eigenvalue weighted by atomic mass is 9.81. The Labute approximate surface area is 164 Å². The number of hydrogen-bond acceptors (Lipinski definition) is 5. The second kappa shape index (κ2) is 7.94. The predicted octanol–water partition coefficient (Wildman–Crippen LogP) is 2.92. The highest BCUT2D eigenvalue weighted by Crippen LogP contribution is 2.36. The minimum atomic E-state index is -0.505. The first kappa shape index (κ1) is 18.4. The number of hydrogen-bond donors (Lipinski definition) is 1. The van der Waals surface area contributed by atoms with E-state index in [-0.39, 0.29) is 5.91 Å². The highest BCUT2D eigenvalue weighted by Gasteiger charge is 2.45. The van der Waals surface area contributed by atoms with E-state index in [1.807, 2.05) is 48.5 Å². The third-order valence-corrected chi connectivity index (χ3v) is 5.44. The molecule has 0 aliphatic carbocycles. The number of nitrogens with zero attached hydrogens (tertiary/aromatic N) is 3. The molecule has 1 aromatic carbocycles. The van der Waals surface area contributed by atoms with E-state index in [0.717, 1.165) is 36.5 Å². The third kappa shape index (κ3) is 3.82. The zero-order valence-corrected chi connectivity index (χ0v) is 16.0. The van der Waals surface area contributed by atoms with Gasteiger partial charge in [-0.05, 0) is 30.7 Å². The van der Waals surface area contributed by atoms with Crippen LogP contribution in [0, 0.1) is 5.41 Å². The molecule has 1 N–H and O–H groups in total. The Hall–Kier alpha value is -2.99. The summed E-state index contributed by atoms with van der Waals surface area (Å²) in [5.41, 5.74) is 2.51. The number of pyridine rings is 1. The van der Waals surface area contributed by atoms with Crippen LogP contribution in [0.15, 0.2) is 65.4 Å². The third-order valence-electron chi connectivity index (χ3n) is 5.44. The summed E-state index contributed by atoms with van der Waals surface area (Å²) in [6.45, 7) is 2.37. The van der Waals surface area contributed by atoms with Gasteiger partial charge in [-0.2, -0.15) is 0 Å². The Balaban J connectivity index is 1.51. The van der Waals surface area contributed by atoms with Crippen LogP contribution in [0.4, 0.5) is 0 Å². The van der Waals surface area contributed by atoms with Crippen LogP contribution in [-0.2, 0) is 17.8 Å². The summed E-state index contributed by atoms with van der Waals surface area (Å²) in [4.78, 5) is 19.2. The molecule has 1 atom stereocenters. The van der Waals surface area contributed by atoms with Crippen molar-refractivity contribution in [2.24, 2.45) is 5.41 Å². The number of carbonyl (C=O) groups is 1. The molecule has 1 unspecified atom stereocenters. The van der Waals surface area contributed by atoms with E-state index >= 15 is 0 Å². The first-order valence-corrected chi connectivity index (χ1v) is 9.53. The highest BCUT2D eigenvalue weighted by atomic mass is 16.5. The van der Waals surface area contributed by atoms with E-state index < -0.39 is 5.41 Å². The highest BCUT2D eigenvalue weighted by molar-refractivity contribution is 5.83. The van der Waals surface area contributed by atoms with Crippen LogP contribution in [0.1, 0.15) is 17.7 Å². The summed E-state index contributed by atoms with van der Waals surface area (Å²) in [7, 11) is 1.70. The maximum absolute atomic E-state index is 12.8. The van der Waals surface area contributed by atoms with Crippen molar-refractivity contribution in [3.05, 3.63) is 72.2 Å². The van der Waals surface area contributed by atoms with E-state index in [1.165, 1.54) is 5.56 Å². The molecule has 2 aromatic heterocycles. The minimum Gasteiger partial charge on any atom is -0.361 e. The molecule has 4 rings (SSSR count). The molecular weight excluding hydrogens is 352 g/mol. The normalized spacial score (nSPS) is 19.6. The fourth-order valence-corrected chi connectivity index (χ4v) is 3.99.